The molecule has 1 aromatic heterocycles. The second-order valence-corrected chi connectivity index (χ2v) is 7.60. The van der Waals surface area contributed by atoms with Gasteiger partial charge in [-0.3, -0.25) is 14.2 Å². The van der Waals surface area contributed by atoms with Crippen LogP contribution in [0.4, 0.5) is 27.4 Å². The van der Waals surface area contributed by atoms with Gasteiger partial charge in [-0.25, -0.2) is 4.39 Å². The molecular weight excluding hydrogens is 407 g/mol. The minimum Gasteiger partial charge on any atom is -0.326 e. The Kier molecular flexibility index (Phi) is 5.66. The van der Waals surface area contributed by atoms with Crippen LogP contribution in [0.1, 0.15) is 6.92 Å². The molecule has 4 rings (SSSR count). The molecule has 3 aromatic rings. The first kappa shape index (κ1) is 19.9. The predicted molar refractivity (Wildman–Crippen MR) is 114 cm³/mol. The number of hydrogen-bond acceptors (Lipinski definition) is 6. The number of aromatic nitrogens is 3. The van der Waals surface area contributed by atoms with Crippen LogP contribution in [0.15, 0.2) is 53.7 Å². The number of nitrogens with one attached hydrogen (secondary N) is 2. The largest absolute Gasteiger partial charge is 0.326 e. The summed E-state index contributed by atoms with van der Waals surface area (Å²) in [5.41, 5.74) is 2.06. The third kappa shape index (κ3) is 4.43. The van der Waals surface area contributed by atoms with Gasteiger partial charge in [0.15, 0.2) is 5.16 Å². The topological polar surface area (TPSA) is 92.1 Å². The highest BCUT2D eigenvalue weighted by molar-refractivity contribution is 7.99. The highest BCUT2D eigenvalue weighted by atomic mass is 32.2. The third-order valence-electron chi connectivity index (χ3n) is 4.42. The van der Waals surface area contributed by atoms with Crippen molar-refractivity contribution in [3.05, 3.63) is 54.3 Å². The summed E-state index contributed by atoms with van der Waals surface area (Å²) in [5.74, 6) is 0.186. The van der Waals surface area contributed by atoms with Crippen molar-refractivity contribution in [1.29, 1.82) is 0 Å². The second-order valence-electron chi connectivity index (χ2n) is 6.66. The van der Waals surface area contributed by atoms with Crippen molar-refractivity contribution in [2.45, 2.75) is 18.6 Å². The average Bonchev–Trinajstić information content (AvgIpc) is 3.29. The number of fused-ring (bicyclic) bond motifs is 1. The molecule has 0 radical (unpaired) electrons. The zero-order valence-corrected chi connectivity index (χ0v) is 16.9. The van der Waals surface area contributed by atoms with Crippen LogP contribution in [-0.4, -0.2) is 38.9 Å². The van der Waals surface area contributed by atoms with Gasteiger partial charge in [0.25, 0.3) is 0 Å². The lowest BCUT2D eigenvalue weighted by Crippen LogP contribution is -2.15. The van der Waals surface area contributed by atoms with E-state index in [-0.39, 0.29) is 23.4 Å². The number of carbonyl (C=O) groups excluding carboxylic acids is 2. The maximum atomic E-state index is 13.2. The van der Waals surface area contributed by atoms with Gasteiger partial charge in [-0.2, -0.15) is 0 Å². The van der Waals surface area contributed by atoms with E-state index < -0.39 is 0 Å². The van der Waals surface area contributed by atoms with Crippen molar-refractivity contribution in [3.8, 4) is 0 Å². The Morgan fingerprint density at radius 3 is 2.53 bits per heavy atom. The first-order valence-corrected chi connectivity index (χ1v) is 10.2. The molecule has 0 spiro atoms. The normalized spacial score (nSPS) is 12.5. The minimum atomic E-state index is -0.288. The van der Waals surface area contributed by atoms with E-state index in [1.54, 1.807) is 36.4 Å². The van der Waals surface area contributed by atoms with E-state index in [1.807, 2.05) is 9.47 Å². The van der Waals surface area contributed by atoms with Crippen LogP contribution >= 0.6 is 11.8 Å². The summed E-state index contributed by atoms with van der Waals surface area (Å²) in [6.07, 6.45) is 0. The molecule has 0 atom stereocenters. The molecule has 1 aliphatic heterocycles. The van der Waals surface area contributed by atoms with E-state index >= 15 is 0 Å². The molecule has 2 N–H and O–H groups in total. The molecule has 8 nitrogen and oxygen atoms in total. The molecule has 1 aliphatic rings. The summed E-state index contributed by atoms with van der Waals surface area (Å²) in [7, 11) is 0. The maximum absolute atomic E-state index is 13.2. The highest BCUT2D eigenvalue weighted by Gasteiger charge is 2.26. The molecule has 0 aliphatic carbocycles. The Morgan fingerprint density at radius 2 is 1.80 bits per heavy atom. The molecule has 30 heavy (non-hydrogen) atoms. The first-order chi connectivity index (χ1) is 14.5. The average molecular weight is 426 g/mol. The van der Waals surface area contributed by atoms with Crippen LogP contribution in [0, 0.1) is 5.82 Å². The molecule has 0 bridgehead atoms. The van der Waals surface area contributed by atoms with Gasteiger partial charge < -0.3 is 15.5 Å². The van der Waals surface area contributed by atoms with E-state index in [1.165, 1.54) is 30.8 Å². The highest BCUT2D eigenvalue weighted by Crippen LogP contribution is 2.32. The Balaban J connectivity index is 1.37. The van der Waals surface area contributed by atoms with Gasteiger partial charge in [-0.1, -0.05) is 17.8 Å². The lowest BCUT2D eigenvalue weighted by Gasteiger charge is -2.14. The standard InChI is InChI=1S/C20H19FN6O2S/c1-13(28)22-15-3-2-4-16(11-15)23-18(29)12-30-20-25-24-19-26(9-10-27(19)20)17-7-5-14(21)6-8-17/h2-8,11H,9-10,12H2,1H3,(H,22,28)(H,23,29). The summed E-state index contributed by atoms with van der Waals surface area (Å²) in [6.45, 7) is 2.81. The van der Waals surface area contributed by atoms with E-state index in [0.717, 1.165) is 5.69 Å². The summed E-state index contributed by atoms with van der Waals surface area (Å²) in [4.78, 5) is 25.5. The molecular formula is C20H19FN6O2S. The minimum absolute atomic E-state index is 0.166. The Hall–Kier alpha value is -3.40. The third-order valence-corrected chi connectivity index (χ3v) is 5.39. The van der Waals surface area contributed by atoms with Gasteiger partial charge in [0.05, 0.1) is 5.75 Å². The first-order valence-electron chi connectivity index (χ1n) is 9.26. The fraction of sp³-hybridized carbons (Fsp3) is 0.200. The molecule has 0 unspecified atom stereocenters. The lowest BCUT2D eigenvalue weighted by atomic mass is 10.2. The van der Waals surface area contributed by atoms with Gasteiger partial charge in [0.1, 0.15) is 5.82 Å². The molecule has 2 aromatic carbocycles. The zero-order chi connectivity index (χ0) is 21.1. The summed E-state index contributed by atoms with van der Waals surface area (Å²) >= 11 is 1.30. The molecule has 10 heteroatoms. The zero-order valence-electron chi connectivity index (χ0n) is 16.1. The number of hydrogen-bond donors (Lipinski definition) is 2. The smallest absolute Gasteiger partial charge is 0.234 e. The molecule has 2 heterocycles. The summed E-state index contributed by atoms with van der Waals surface area (Å²) < 4.78 is 15.1. The molecule has 0 saturated heterocycles. The van der Waals surface area contributed by atoms with E-state index in [0.29, 0.717) is 35.6 Å². The number of benzene rings is 2. The number of amides is 2. The number of thioether (sulfide) groups is 1. The van der Waals surface area contributed by atoms with Crippen LogP contribution in [0.2, 0.25) is 0 Å². The van der Waals surface area contributed by atoms with Crippen LogP contribution in [0.3, 0.4) is 0 Å². The number of nitrogens with zero attached hydrogens (tertiary/aromatic N) is 4. The van der Waals surface area contributed by atoms with Crippen molar-refractivity contribution in [3.63, 3.8) is 0 Å². The van der Waals surface area contributed by atoms with Crippen molar-refractivity contribution in [2.75, 3.05) is 27.8 Å². The number of rotatable bonds is 6. The van der Waals surface area contributed by atoms with Gasteiger partial charge in [-0.05, 0) is 42.5 Å². The Morgan fingerprint density at radius 1 is 1.07 bits per heavy atom. The SMILES string of the molecule is CC(=O)Nc1cccc(NC(=O)CSc2nnc3n2CCN3c2ccc(F)cc2)c1. The fourth-order valence-electron chi connectivity index (χ4n) is 3.15. The van der Waals surface area contributed by atoms with Crippen LogP contribution < -0.4 is 15.5 Å². The molecule has 0 saturated carbocycles. The van der Waals surface area contributed by atoms with Crippen LogP contribution in [0.5, 0.6) is 0 Å². The van der Waals surface area contributed by atoms with Crippen molar-refractivity contribution in [1.82, 2.24) is 14.8 Å². The van der Waals surface area contributed by atoms with Crippen LogP contribution in [-0.2, 0) is 16.1 Å². The van der Waals surface area contributed by atoms with Crippen molar-refractivity contribution < 1.29 is 14.0 Å². The maximum Gasteiger partial charge on any atom is 0.234 e. The van der Waals surface area contributed by atoms with Gasteiger partial charge in [0.2, 0.25) is 17.8 Å². The number of halogens is 1. The summed E-state index contributed by atoms with van der Waals surface area (Å²) in [5, 5.41) is 14.6. The lowest BCUT2D eigenvalue weighted by molar-refractivity contribution is -0.114. The number of carbonyl (C=O) groups is 2. The number of anilines is 4. The molecule has 0 fully saturated rings. The van der Waals surface area contributed by atoms with Gasteiger partial charge in [-0.15, -0.1) is 10.2 Å². The van der Waals surface area contributed by atoms with E-state index in [9.17, 15) is 14.0 Å². The van der Waals surface area contributed by atoms with Crippen molar-refractivity contribution >= 4 is 46.6 Å². The second kappa shape index (κ2) is 8.54. The molecule has 2 amide bonds. The predicted octanol–water partition coefficient (Wildman–Crippen LogP) is 3.26. The van der Waals surface area contributed by atoms with Gasteiger partial charge in [0, 0.05) is 37.1 Å². The fourth-order valence-corrected chi connectivity index (χ4v) is 3.91. The summed E-state index contributed by atoms with van der Waals surface area (Å²) in [6, 6.07) is 13.2. The monoisotopic (exact) mass is 426 g/mol. The Bertz CT molecular complexity index is 1090. The van der Waals surface area contributed by atoms with Gasteiger partial charge >= 0.3 is 0 Å². The van der Waals surface area contributed by atoms with Crippen LogP contribution in [0.25, 0.3) is 0 Å². The quantitative estimate of drug-likeness (QED) is 0.588. The van der Waals surface area contributed by atoms with E-state index in [4.69, 9.17) is 0 Å². The van der Waals surface area contributed by atoms with E-state index in [2.05, 4.69) is 20.8 Å². The molecule has 154 valence electrons. The Labute approximate surface area is 176 Å². The van der Waals surface area contributed by atoms with Crippen molar-refractivity contribution in [2.24, 2.45) is 0 Å².